The topological polar surface area (TPSA) is 70.2 Å². The van der Waals surface area contributed by atoms with Crippen molar-refractivity contribution in [2.24, 2.45) is 0 Å². The van der Waals surface area contributed by atoms with E-state index < -0.39 is 0 Å². The van der Waals surface area contributed by atoms with Crippen LogP contribution in [0.3, 0.4) is 0 Å². The van der Waals surface area contributed by atoms with Crippen molar-refractivity contribution < 1.29 is 4.79 Å². The molecule has 1 amide bonds. The van der Waals surface area contributed by atoms with E-state index in [1.54, 1.807) is 30.5 Å². The van der Waals surface area contributed by atoms with Crippen molar-refractivity contribution in [2.45, 2.75) is 12.8 Å². The van der Waals surface area contributed by atoms with E-state index in [1.165, 1.54) is 12.8 Å². The number of hydrogen-bond donors (Lipinski definition) is 2. The number of nitrogens with zero attached hydrogens (tertiary/aromatic N) is 3. The molecule has 142 valence electrons. The van der Waals surface area contributed by atoms with Gasteiger partial charge in [0.05, 0.1) is 11.9 Å². The zero-order valence-electron chi connectivity index (χ0n) is 15.2. The number of carbonyl (C=O) groups excluding carboxylic acids is 1. The van der Waals surface area contributed by atoms with Crippen LogP contribution in [-0.2, 0) is 0 Å². The predicted octanol–water partition coefficient (Wildman–Crippen LogP) is 4.73. The van der Waals surface area contributed by atoms with Crippen molar-refractivity contribution >= 4 is 40.4 Å². The van der Waals surface area contributed by atoms with Crippen LogP contribution in [0.15, 0.2) is 60.8 Å². The molecule has 0 spiro atoms. The highest BCUT2D eigenvalue weighted by atomic mass is 35.5. The highest BCUT2D eigenvalue weighted by Crippen LogP contribution is 2.23. The Balaban J connectivity index is 1.41. The van der Waals surface area contributed by atoms with Crippen LogP contribution in [-0.4, -0.2) is 29.2 Å². The molecule has 1 aliphatic heterocycles. The highest BCUT2D eigenvalue weighted by Gasteiger charge is 2.13. The monoisotopic (exact) mass is 393 g/mol. The Morgan fingerprint density at radius 2 is 1.75 bits per heavy atom. The van der Waals surface area contributed by atoms with Crippen molar-refractivity contribution in [3.05, 3.63) is 71.4 Å². The lowest BCUT2D eigenvalue weighted by Gasteiger charge is -2.17. The van der Waals surface area contributed by atoms with Crippen molar-refractivity contribution in [2.75, 3.05) is 28.6 Å². The number of amides is 1. The van der Waals surface area contributed by atoms with Crippen LogP contribution >= 0.6 is 11.6 Å². The minimum absolute atomic E-state index is 0.201. The van der Waals surface area contributed by atoms with Crippen LogP contribution in [0.25, 0.3) is 0 Å². The lowest BCUT2D eigenvalue weighted by molar-refractivity contribution is 0.102. The van der Waals surface area contributed by atoms with E-state index in [0.717, 1.165) is 24.5 Å². The summed E-state index contributed by atoms with van der Waals surface area (Å²) in [6.45, 7) is 2.12. The molecule has 1 aliphatic rings. The van der Waals surface area contributed by atoms with Gasteiger partial charge >= 0.3 is 0 Å². The first kappa shape index (κ1) is 18.3. The molecular formula is C21H20ClN5O. The second-order valence-corrected chi connectivity index (χ2v) is 7.10. The van der Waals surface area contributed by atoms with Crippen LogP contribution in [0.1, 0.15) is 23.2 Å². The molecule has 3 aromatic rings. The number of carbonyl (C=O) groups is 1. The van der Waals surface area contributed by atoms with Crippen LogP contribution in [0, 0.1) is 0 Å². The first-order chi connectivity index (χ1) is 13.7. The van der Waals surface area contributed by atoms with Gasteiger partial charge in [-0.15, -0.1) is 5.10 Å². The third-order valence-electron chi connectivity index (χ3n) is 4.61. The van der Waals surface area contributed by atoms with Gasteiger partial charge in [0, 0.05) is 41.1 Å². The zero-order valence-corrected chi connectivity index (χ0v) is 16.0. The van der Waals surface area contributed by atoms with E-state index in [2.05, 4.69) is 25.7 Å². The predicted molar refractivity (Wildman–Crippen MR) is 113 cm³/mol. The molecule has 4 rings (SSSR count). The Labute approximate surface area is 168 Å². The smallest absolute Gasteiger partial charge is 0.255 e. The summed E-state index contributed by atoms with van der Waals surface area (Å²) in [6.07, 6.45) is 4.23. The van der Waals surface area contributed by atoms with Gasteiger partial charge in [0.25, 0.3) is 5.91 Å². The van der Waals surface area contributed by atoms with Gasteiger partial charge < -0.3 is 15.5 Å². The van der Waals surface area contributed by atoms with Crippen molar-refractivity contribution in [3.8, 4) is 0 Å². The maximum atomic E-state index is 12.3. The van der Waals surface area contributed by atoms with Crippen LogP contribution in [0.4, 0.5) is 22.9 Å². The molecule has 1 aromatic heterocycles. The lowest BCUT2D eigenvalue weighted by Crippen LogP contribution is -2.18. The lowest BCUT2D eigenvalue weighted by atomic mass is 10.2. The number of halogens is 1. The molecule has 2 aromatic carbocycles. The van der Waals surface area contributed by atoms with Crippen molar-refractivity contribution in [3.63, 3.8) is 0 Å². The minimum Gasteiger partial charge on any atom is -0.370 e. The van der Waals surface area contributed by atoms with Gasteiger partial charge in [-0.25, -0.2) is 0 Å². The Bertz CT molecular complexity index is 971. The second-order valence-electron chi connectivity index (χ2n) is 6.66. The summed E-state index contributed by atoms with van der Waals surface area (Å²) in [5.74, 6) is 0.493. The summed E-state index contributed by atoms with van der Waals surface area (Å²) in [6, 6.07) is 16.3. The molecule has 1 saturated heterocycles. The van der Waals surface area contributed by atoms with Gasteiger partial charge in [-0.05, 0) is 55.3 Å². The first-order valence-electron chi connectivity index (χ1n) is 9.19. The summed E-state index contributed by atoms with van der Waals surface area (Å²) in [5, 5.41) is 14.9. The largest absolute Gasteiger partial charge is 0.370 e. The quantitative estimate of drug-likeness (QED) is 0.656. The van der Waals surface area contributed by atoms with Gasteiger partial charge in [0.1, 0.15) is 0 Å². The van der Waals surface area contributed by atoms with E-state index in [0.29, 0.717) is 22.1 Å². The fourth-order valence-electron chi connectivity index (χ4n) is 3.18. The molecule has 0 atom stereocenters. The van der Waals surface area contributed by atoms with E-state index in [9.17, 15) is 4.79 Å². The fourth-order valence-corrected chi connectivity index (χ4v) is 3.37. The molecule has 0 aliphatic carbocycles. The molecule has 1 fully saturated rings. The molecular weight excluding hydrogens is 374 g/mol. The molecule has 0 radical (unpaired) electrons. The second kappa shape index (κ2) is 8.27. The summed E-state index contributed by atoms with van der Waals surface area (Å²) in [5.41, 5.74) is 3.17. The number of anilines is 4. The Morgan fingerprint density at radius 3 is 2.50 bits per heavy atom. The summed E-state index contributed by atoms with van der Waals surface area (Å²) in [7, 11) is 0. The van der Waals surface area contributed by atoms with Gasteiger partial charge in [0.2, 0.25) is 0 Å². The molecule has 0 bridgehead atoms. The zero-order chi connectivity index (χ0) is 19.3. The summed E-state index contributed by atoms with van der Waals surface area (Å²) in [4.78, 5) is 14.6. The first-order valence-corrected chi connectivity index (χ1v) is 9.57. The van der Waals surface area contributed by atoms with Crippen LogP contribution in [0.5, 0.6) is 0 Å². The third kappa shape index (κ3) is 4.40. The number of hydrogen-bond acceptors (Lipinski definition) is 5. The average molecular weight is 394 g/mol. The maximum absolute atomic E-state index is 12.3. The molecule has 28 heavy (non-hydrogen) atoms. The standard InChI is InChI=1S/C21H20ClN5O/c22-16-5-3-4-15(12-16)21(28)25-18-8-6-17(7-9-18)24-20-13-19(14-23-26-20)27-10-1-2-11-27/h3-9,12-14H,1-2,10-11H2,(H,24,26)(H,25,28). The van der Waals surface area contributed by atoms with E-state index in [-0.39, 0.29) is 5.91 Å². The molecule has 7 heteroatoms. The fraction of sp³-hybridized carbons (Fsp3) is 0.190. The summed E-state index contributed by atoms with van der Waals surface area (Å²) < 4.78 is 0. The SMILES string of the molecule is O=C(Nc1ccc(Nc2cc(N3CCCC3)cnn2)cc1)c1cccc(Cl)c1. The van der Waals surface area contributed by atoms with Crippen molar-refractivity contribution in [1.82, 2.24) is 10.2 Å². The maximum Gasteiger partial charge on any atom is 0.255 e. The number of aromatic nitrogens is 2. The van der Waals surface area contributed by atoms with E-state index >= 15 is 0 Å². The third-order valence-corrected chi connectivity index (χ3v) is 4.85. The Kier molecular flexibility index (Phi) is 5.39. The molecule has 2 heterocycles. The molecule has 0 unspecified atom stereocenters. The number of benzene rings is 2. The summed E-state index contributed by atoms with van der Waals surface area (Å²) >= 11 is 5.94. The van der Waals surface area contributed by atoms with Crippen LogP contribution < -0.4 is 15.5 Å². The number of rotatable bonds is 5. The van der Waals surface area contributed by atoms with E-state index in [1.807, 2.05) is 30.3 Å². The van der Waals surface area contributed by atoms with Gasteiger partial charge in [0.15, 0.2) is 5.82 Å². The Morgan fingerprint density at radius 1 is 1.00 bits per heavy atom. The highest BCUT2D eigenvalue weighted by molar-refractivity contribution is 6.31. The average Bonchev–Trinajstić information content (AvgIpc) is 3.25. The normalized spacial score (nSPS) is 13.4. The van der Waals surface area contributed by atoms with Gasteiger partial charge in [-0.1, -0.05) is 17.7 Å². The van der Waals surface area contributed by atoms with Crippen molar-refractivity contribution in [1.29, 1.82) is 0 Å². The van der Waals surface area contributed by atoms with Gasteiger partial charge in [-0.3, -0.25) is 4.79 Å². The Hall–Kier alpha value is -3.12. The minimum atomic E-state index is -0.201. The molecule has 0 saturated carbocycles. The van der Waals surface area contributed by atoms with Crippen LogP contribution in [0.2, 0.25) is 5.02 Å². The molecule has 2 N–H and O–H groups in total. The van der Waals surface area contributed by atoms with Gasteiger partial charge in [-0.2, -0.15) is 5.10 Å². The number of nitrogens with one attached hydrogen (secondary N) is 2. The molecule has 6 nitrogen and oxygen atoms in total. The van der Waals surface area contributed by atoms with E-state index in [4.69, 9.17) is 11.6 Å².